The number of alkyl halides is 4. The summed E-state index contributed by atoms with van der Waals surface area (Å²) in [5, 5.41) is 0. The third-order valence-corrected chi connectivity index (χ3v) is 1.46. The summed E-state index contributed by atoms with van der Waals surface area (Å²) in [5.41, 5.74) is 4.63. The first-order valence-corrected chi connectivity index (χ1v) is 3.73. The van der Waals surface area contributed by atoms with Gasteiger partial charge < -0.3 is 10.5 Å². The van der Waals surface area contributed by atoms with Crippen molar-refractivity contribution in [3.63, 3.8) is 0 Å². The summed E-state index contributed by atoms with van der Waals surface area (Å²) in [6, 6.07) is 2.41. The van der Waals surface area contributed by atoms with E-state index in [-0.39, 0.29) is 0 Å². The molecule has 0 saturated carbocycles. The number of ether oxygens (including phenoxy) is 1. The Balaban J connectivity index is 2.78. The Morgan fingerprint density at radius 2 is 1.87 bits per heavy atom. The largest absolute Gasteiger partial charge is 0.457 e. The van der Waals surface area contributed by atoms with Gasteiger partial charge in [-0.15, -0.1) is 0 Å². The zero-order chi connectivity index (χ0) is 11.6. The van der Waals surface area contributed by atoms with Gasteiger partial charge in [0.15, 0.2) is 0 Å². The van der Waals surface area contributed by atoms with E-state index in [4.69, 9.17) is 5.73 Å². The van der Waals surface area contributed by atoms with Gasteiger partial charge in [-0.3, -0.25) is 0 Å². The van der Waals surface area contributed by atoms with Crippen molar-refractivity contribution in [2.24, 2.45) is 0 Å². The van der Waals surface area contributed by atoms with Crippen LogP contribution < -0.4 is 10.5 Å². The van der Waals surface area contributed by atoms with Crippen molar-refractivity contribution in [2.75, 3.05) is 5.73 Å². The van der Waals surface area contributed by atoms with Crippen molar-refractivity contribution in [1.82, 2.24) is 0 Å². The molecule has 1 aromatic rings. The Kier molecular flexibility index (Phi) is 3.01. The van der Waals surface area contributed by atoms with Crippen molar-refractivity contribution in [3.05, 3.63) is 24.0 Å². The van der Waals surface area contributed by atoms with E-state index in [0.717, 1.165) is 18.2 Å². The van der Waals surface area contributed by atoms with E-state index in [9.17, 15) is 22.0 Å². The average Bonchev–Trinajstić information content (AvgIpc) is 2.10. The molecular weight excluding hydrogens is 221 g/mol. The van der Waals surface area contributed by atoms with Gasteiger partial charge in [0.25, 0.3) is 0 Å². The van der Waals surface area contributed by atoms with Crippen LogP contribution in [0.1, 0.15) is 0 Å². The van der Waals surface area contributed by atoms with Crippen molar-refractivity contribution in [1.29, 1.82) is 0 Å². The van der Waals surface area contributed by atoms with Crippen molar-refractivity contribution < 1.29 is 26.7 Å². The fourth-order valence-corrected chi connectivity index (χ4v) is 0.781. The van der Waals surface area contributed by atoms with Gasteiger partial charge in [-0.2, -0.15) is 17.6 Å². The Morgan fingerprint density at radius 3 is 2.33 bits per heavy atom. The fraction of sp³-hybridized carbons (Fsp3) is 0.250. The lowest BCUT2D eigenvalue weighted by atomic mass is 10.3. The van der Waals surface area contributed by atoms with E-state index in [1.807, 2.05) is 0 Å². The molecule has 0 saturated heterocycles. The molecule has 7 heteroatoms. The van der Waals surface area contributed by atoms with Crippen LogP contribution in [0.2, 0.25) is 0 Å². The number of benzene rings is 1. The average molecular weight is 227 g/mol. The molecule has 2 nitrogen and oxygen atoms in total. The molecule has 0 radical (unpaired) electrons. The van der Waals surface area contributed by atoms with Gasteiger partial charge in [0.05, 0.1) is 5.69 Å². The minimum Gasteiger partial charge on any atom is -0.452 e. The fourth-order valence-electron chi connectivity index (χ4n) is 0.781. The van der Waals surface area contributed by atoms with E-state index < -0.39 is 29.8 Å². The minimum atomic E-state index is -5.12. The molecule has 1 atom stereocenters. The van der Waals surface area contributed by atoms with Crippen LogP contribution >= 0.6 is 0 Å². The van der Waals surface area contributed by atoms with Crippen LogP contribution in [0, 0.1) is 5.82 Å². The van der Waals surface area contributed by atoms with Gasteiger partial charge in [0, 0.05) is 6.07 Å². The lowest BCUT2D eigenvalue weighted by Gasteiger charge is -2.14. The number of hydrogen-bond acceptors (Lipinski definition) is 2. The van der Waals surface area contributed by atoms with Crippen molar-refractivity contribution in [3.8, 4) is 5.75 Å². The summed E-state index contributed by atoms with van der Waals surface area (Å²) in [6.45, 7) is 0. The summed E-state index contributed by atoms with van der Waals surface area (Å²) in [7, 11) is 0. The van der Waals surface area contributed by atoms with Crippen LogP contribution in [-0.4, -0.2) is 12.5 Å². The maximum Gasteiger partial charge on any atom is 0.457 e. The summed E-state index contributed by atoms with van der Waals surface area (Å²) < 4.78 is 63.9. The first-order chi connectivity index (χ1) is 6.80. The van der Waals surface area contributed by atoms with Crippen LogP contribution in [0.15, 0.2) is 18.2 Å². The van der Waals surface area contributed by atoms with E-state index in [1.165, 1.54) is 0 Å². The smallest absolute Gasteiger partial charge is 0.452 e. The highest BCUT2D eigenvalue weighted by molar-refractivity contribution is 5.45. The second-order valence-corrected chi connectivity index (χ2v) is 2.66. The molecule has 0 spiro atoms. The highest BCUT2D eigenvalue weighted by atomic mass is 19.4. The molecular formula is C8H6F5NO. The monoisotopic (exact) mass is 227 g/mol. The molecule has 1 unspecified atom stereocenters. The van der Waals surface area contributed by atoms with Crippen LogP contribution in [0.4, 0.5) is 27.6 Å². The lowest BCUT2D eigenvalue weighted by molar-refractivity contribution is -0.236. The van der Waals surface area contributed by atoms with E-state index in [1.54, 1.807) is 0 Å². The van der Waals surface area contributed by atoms with E-state index in [2.05, 4.69) is 4.74 Å². The topological polar surface area (TPSA) is 35.2 Å². The molecule has 1 aromatic carbocycles. The molecule has 0 aliphatic rings. The quantitative estimate of drug-likeness (QED) is 0.622. The number of nitrogen functional groups attached to an aromatic ring is 1. The van der Waals surface area contributed by atoms with Gasteiger partial charge >= 0.3 is 12.5 Å². The molecule has 0 heterocycles. The molecule has 15 heavy (non-hydrogen) atoms. The molecule has 0 aromatic heterocycles. The molecule has 0 aliphatic heterocycles. The van der Waals surface area contributed by atoms with Crippen LogP contribution in [0.3, 0.4) is 0 Å². The number of nitrogens with two attached hydrogens (primary N) is 1. The number of halogens is 5. The van der Waals surface area contributed by atoms with Crippen molar-refractivity contribution >= 4 is 5.69 Å². The molecule has 0 fully saturated rings. The Labute approximate surface area is 81.4 Å². The molecule has 2 N–H and O–H groups in total. The van der Waals surface area contributed by atoms with Gasteiger partial charge in [-0.25, -0.2) is 4.39 Å². The first-order valence-electron chi connectivity index (χ1n) is 3.73. The highest BCUT2D eigenvalue weighted by Crippen LogP contribution is 2.27. The molecule has 1 rings (SSSR count). The van der Waals surface area contributed by atoms with Gasteiger partial charge in [-0.1, -0.05) is 0 Å². The Bertz CT molecular complexity index is 351. The van der Waals surface area contributed by atoms with Gasteiger partial charge in [-0.05, 0) is 12.1 Å². The van der Waals surface area contributed by atoms with Crippen LogP contribution in [0.5, 0.6) is 5.75 Å². The predicted molar refractivity (Wildman–Crippen MR) is 42.4 cm³/mol. The Morgan fingerprint density at radius 1 is 1.27 bits per heavy atom. The number of rotatable bonds is 2. The first kappa shape index (κ1) is 11.5. The van der Waals surface area contributed by atoms with E-state index in [0.29, 0.717) is 0 Å². The summed E-state index contributed by atoms with van der Waals surface area (Å²) in [4.78, 5) is 0. The highest BCUT2D eigenvalue weighted by Gasteiger charge is 2.42. The standard InChI is InChI=1S/C8H6F5NO/c9-5-2-1-4(3-6(5)14)15-7(10)8(11,12)13/h1-3,7H,14H2. The maximum atomic E-state index is 12.6. The normalized spacial score (nSPS) is 13.7. The van der Waals surface area contributed by atoms with Gasteiger partial charge in [0.2, 0.25) is 0 Å². The molecule has 0 amide bonds. The maximum absolute atomic E-state index is 12.6. The zero-order valence-electron chi connectivity index (χ0n) is 7.18. The zero-order valence-corrected chi connectivity index (χ0v) is 7.18. The van der Waals surface area contributed by atoms with E-state index >= 15 is 0 Å². The summed E-state index contributed by atoms with van der Waals surface area (Å²) in [6.07, 6.45) is -8.58. The second-order valence-electron chi connectivity index (χ2n) is 2.66. The minimum absolute atomic E-state index is 0.415. The van der Waals surface area contributed by atoms with Gasteiger partial charge in [0.1, 0.15) is 11.6 Å². The summed E-state index contributed by atoms with van der Waals surface area (Å²) in [5.74, 6) is -1.30. The third kappa shape index (κ3) is 2.97. The molecule has 0 bridgehead atoms. The summed E-state index contributed by atoms with van der Waals surface area (Å²) >= 11 is 0. The van der Waals surface area contributed by atoms with Crippen LogP contribution in [-0.2, 0) is 0 Å². The second kappa shape index (κ2) is 3.92. The molecule has 84 valence electrons. The number of anilines is 1. The number of hydrogen-bond donors (Lipinski definition) is 1. The SMILES string of the molecule is Nc1cc(OC(F)C(F)(F)F)ccc1F. The van der Waals surface area contributed by atoms with Crippen LogP contribution in [0.25, 0.3) is 0 Å². The molecule has 0 aliphatic carbocycles. The van der Waals surface area contributed by atoms with Crippen molar-refractivity contribution in [2.45, 2.75) is 12.5 Å². The predicted octanol–water partition coefficient (Wildman–Crippen LogP) is 2.64. The Hall–Kier alpha value is -1.53. The lowest BCUT2D eigenvalue weighted by Crippen LogP contribution is -2.29. The third-order valence-electron chi connectivity index (χ3n) is 1.46.